The molecule has 5 nitrogen and oxygen atoms in total. The van der Waals surface area contributed by atoms with Crippen LogP contribution in [0, 0.1) is 0 Å². The molecule has 0 saturated carbocycles. The quantitative estimate of drug-likeness (QED) is 0.855. The number of aromatic amines is 1. The maximum absolute atomic E-state index is 12.4. The first-order chi connectivity index (χ1) is 9.27. The molecule has 0 aliphatic heterocycles. The number of benzene rings is 1. The summed E-state index contributed by atoms with van der Waals surface area (Å²) in [5.74, 6) is -0.121. The summed E-state index contributed by atoms with van der Waals surface area (Å²) in [6.07, 6.45) is 1.53. The van der Waals surface area contributed by atoms with Gasteiger partial charge in [0.05, 0.1) is 24.1 Å². The lowest BCUT2D eigenvalue weighted by atomic mass is 10.1. The third-order valence-electron chi connectivity index (χ3n) is 2.97. The van der Waals surface area contributed by atoms with E-state index in [2.05, 4.69) is 10.2 Å². The highest BCUT2D eigenvalue weighted by molar-refractivity contribution is 5.99. The molecule has 2 aromatic rings. The molecule has 1 aromatic heterocycles. The van der Waals surface area contributed by atoms with Crippen LogP contribution in [0.25, 0.3) is 11.3 Å². The normalized spacial score (nSPS) is 10.4. The van der Waals surface area contributed by atoms with Gasteiger partial charge < -0.3 is 10.0 Å². The van der Waals surface area contributed by atoms with Gasteiger partial charge >= 0.3 is 0 Å². The number of nitrogens with one attached hydrogen (secondary N) is 1. The number of aromatic nitrogens is 2. The van der Waals surface area contributed by atoms with Crippen molar-refractivity contribution < 1.29 is 9.90 Å². The molecule has 0 spiro atoms. The van der Waals surface area contributed by atoms with Gasteiger partial charge in [0.2, 0.25) is 0 Å². The minimum atomic E-state index is -0.121. The Balaban J connectivity index is 2.32. The van der Waals surface area contributed by atoms with Crippen molar-refractivity contribution in [3.05, 3.63) is 42.1 Å². The van der Waals surface area contributed by atoms with E-state index in [-0.39, 0.29) is 12.5 Å². The van der Waals surface area contributed by atoms with Gasteiger partial charge in [-0.3, -0.25) is 9.89 Å². The molecular formula is C14H17N3O2. The molecule has 0 bridgehead atoms. The number of likely N-dealkylation sites (N-methyl/N-ethyl adjacent to an activating group) is 1. The fourth-order valence-electron chi connectivity index (χ4n) is 1.97. The fraction of sp³-hybridized carbons (Fsp3) is 0.286. The molecule has 0 saturated heterocycles. The molecule has 0 atom stereocenters. The minimum absolute atomic E-state index is 0.0435. The number of aliphatic hydroxyl groups is 1. The average molecular weight is 259 g/mol. The third-order valence-corrected chi connectivity index (χ3v) is 2.97. The maximum atomic E-state index is 12.4. The lowest BCUT2D eigenvalue weighted by Crippen LogP contribution is -2.33. The Bertz CT molecular complexity index is 537. The molecule has 2 rings (SSSR count). The Morgan fingerprint density at radius 1 is 1.37 bits per heavy atom. The van der Waals surface area contributed by atoms with E-state index in [9.17, 15) is 4.79 Å². The monoisotopic (exact) mass is 259 g/mol. The Morgan fingerprint density at radius 2 is 2.11 bits per heavy atom. The van der Waals surface area contributed by atoms with E-state index in [1.165, 1.54) is 6.20 Å². The number of H-pyrrole nitrogens is 1. The van der Waals surface area contributed by atoms with Crippen molar-refractivity contribution in [3.63, 3.8) is 0 Å². The number of rotatable bonds is 5. The molecule has 19 heavy (non-hydrogen) atoms. The van der Waals surface area contributed by atoms with Gasteiger partial charge in [0.25, 0.3) is 5.91 Å². The topological polar surface area (TPSA) is 69.2 Å². The van der Waals surface area contributed by atoms with Crippen LogP contribution in [0.2, 0.25) is 0 Å². The largest absolute Gasteiger partial charge is 0.395 e. The van der Waals surface area contributed by atoms with Crippen molar-refractivity contribution >= 4 is 5.91 Å². The van der Waals surface area contributed by atoms with Crippen molar-refractivity contribution in [1.82, 2.24) is 15.1 Å². The van der Waals surface area contributed by atoms with Gasteiger partial charge in [-0.05, 0) is 6.92 Å². The first-order valence-electron chi connectivity index (χ1n) is 6.26. The van der Waals surface area contributed by atoms with E-state index in [0.717, 1.165) is 5.56 Å². The average Bonchev–Trinajstić information content (AvgIpc) is 2.94. The number of hydrogen-bond donors (Lipinski definition) is 2. The Labute approximate surface area is 111 Å². The summed E-state index contributed by atoms with van der Waals surface area (Å²) in [5.41, 5.74) is 2.16. The summed E-state index contributed by atoms with van der Waals surface area (Å²) in [6, 6.07) is 9.59. The number of carbonyl (C=O) groups is 1. The van der Waals surface area contributed by atoms with Gasteiger partial charge in [0.1, 0.15) is 0 Å². The molecule has 0 aliphatic rings. The highest BCUT2D eigenvalue weighted by atomic mass is 16.3. The van der Waals surface area contributed by atoms with E-state index in [4.69, 9.17) is 5.11 Å². The van der Waals surface area contributed by atoms with Crippen LogP contribution in [0.3, 0.4) is 0 Å². The molecule has 0 radical (unpaired) electrons. The summed E-state index contributed by atoms with van der Waals surface area (Å²) >= 11 is 0. The standard InChI is InChI=1S/C14H17N3O2/c1-2-17(8-9-18)14(19)12-10-15-16-13(12)11-6-4-3-5-7-11/h3-7,10,18H,2,8-9H2,1H3,(H,15,16). The second kappa shape index (κ2) is 6.15. The molecule has 1 heterocycles. The highest BCUT2D eigenvalue weighted by Crippen LogP contribution is 2.21. The van der Waals surface area contributed by atoms with E-state index in [1.54, 1.807) is 4.90 Å². The van der Waals surface area contributed by atoms with Crippen molar-refractivity contribution in [1.29, 1.82) is 0 Å². The molecule has 5 heteroatoms. The van der Waals surface area contributed by atoms with Crippen LogP contribution in [-0.4, -0.2) is 45.8 Å². The minimum Gasteiger partial charge on any atom is -0.395 e. The van der Waals surface area contributed by atoms with Crippen molar-refractivity contribution in [3.8, 4) is 11.3 Å². The van der Waals surface area contributed by atoms with E-state index in [0.29, 0.717) is 24.3 Å². The highest BCUT2D eigenvalue weighted by Gasteiger charge is 2.19. The number of carbonyl (C=O) groups excluding carboxylic acids is 1. The number of aliphatic hydroxyl groups excluding tert-OH is 1. The Hall–Kier alpha value is -2.14. The van der Waals surface area contributed by atoms with Gasteiger partial charge in [-0.2, -0.15) is 5.10 Å². The van der Waals surface area contributed by atoms with Crippen molar-refractivity contribution in [2.45, 2.75) is 6.92 Å². The third kappa shape index (κ3) is 2.82. The van der Waals surface area contributed by atoms with Gasteiger partial charge in [-0.1, -0.05) is 30.3 Å². The zero-order chi connectivity index (χ0) is 13.7. The fourth-order valence-corrected chi connectivity index (χ4v) is 1.97. The summed E-state index contributed by atoms with van der Waals surface area (Å²) < 4.78 is 0. The van der Waals surface area contributed by atoms with Crippen LogP contribution in [0.4, 0.5) is 0 Å². The smallest absolute Gasteiger partial charge is 0.257 e. The van der Waals surface area contributed by atoms with Crippen LogP contribution in [0.15, 0.2) is 36.5 Å². The Kier molecular flexibility index (Phi) is 4.30. The van der Waals surface area contributed by atoms with Crippen LogP contribution < -0.4 is 0 Å². The Morgan fingerprint density at radius 3 is 2.74 bits per heavy atom. The number of nitrogens with zero attached hydrogens (tertiary/aromatic N) is 2. The van der Waals surface area contributed by atoms with Crippen molar-refractivity contribution in [2.24, 2.45) is 0 Å². The van der Waals surface area contributed by atoms with Crippen LogP contribution in [0.5, 0.6) is 0 Å². The number of amides is 1. The molecule has 100 valence electrons. The van der Waals surface area contributed by atoms with Crippen LogP contribution >= 0.6 is 0 Å². The molecule has 0 aliphatic carbocycles. The molecule has 1 aromatic carbocycles. The molecule has 2 N–H and O–H groups in total. The van der Waals surface area contributed by atoms with Crippen molar-refractivity contribution in [2.75, 3.05) is 19.7 Å². The predicted octanol–water partition coefficient (Wildman–Crippen LogP) is 1.53. The van der Waals surface area contributed by atoms with E-state index < -0.39 is 0 Å². The second-order valence-corrected chi connectivity index (χ2v) is 4.13. The van der Waals surface area contributed by atoms with Gasteiger partial charge in [0.15, 0.2) is 0 Å². The van der Waals surface area contributed by atoms with E-state index >= 15 is 0 Å². The van der Waals surface area contributed by atoms with Crippen LogP contribution in [0.1, 0.15) is 17.3 Å². The maximum Gasteiger partial charge on any atom is 0.257 e. The van der Waals surface area contributed by atoms with Gasteiger partial charge in [-0.25, -0.2) is 0 Å². The summed E-state index contributed by atoms with van der Waals surface area (Å²) in [7, 11) is 0. The zero-order valence-corrected chi connectivity index (χ0v) is 10.8. The second-order valence-electron chi connectivity index (χ2n) is 4.13. The predicted molar refractivity (Wildman–Crippen MR) is 72.7 cm³/mol. The van der Waals surface area contributed by atoms with Gasteiger partial charge in [0, 0.05) is 18.7 Å². The molecular weight excluding hydrogens is 242 g/mol. The zero-order valence-electron chi connectivity index (χ0n) is 10.8. The summed E-state index contributed by atoms with van der Waals surface area (Å²) in [6.45, 7) is 2.72. The first-order valence-corrected chi connectivity index (χ1v) is 6.26. The molecule has 0 unspecified atom stereocenters. The summed E-state index contributed by atoms with van der Waals surface area (Å²) in [4.78, 5) is 14.0. The lowest BCUT2D eigenvalue weighted by molar-refractivity contribution is 0.0733. The van der Waals surface area contributed by atoms with Gasteiger partial charge in [-0.15, -0.1) is 0 Å². The molecule has 0 fully saturated rings. The first kappa shape index (κ1) is 13.3. The lowest BCUT2D eigenvalue weighted by Gasteiger charge is -2.19. The van der Waals surface area contributed by atoms with E-state index in [1.807, 2.05) is 37.3 Å². The SMILES string of the molecule is CCN(CCO)C(=O)c1cn[nH]c1-c1ccccc1. The number of hydrogen-bond acceptors (Lipinski definition) is 3. The molecule has 1 amide bonds. The summed E-state index contributed by atoms with van der Waals surface area (Å²) in [5, 5.41) is 15.8. The van der Waals surface area contributed by atoms with Crippen LogP contribution in [-0.2, 0) is 0 Å².